The van der Waals surface area contributed by atoms with Gasteiger partial charge in [0.25, 0.3) is 5.69 Å². The number of anilines is 2. The number of benzene rings is 1. The number of carbonyl (C=O) groups is 1. The van der Waals surface area contributed by atoms with Crippen LogP contribution in [-0.2, 0) is 11.8 Å². The highest BCUT2D eigenvalue weighted by atomic mass is 32.2. The van der Waals surface area contributed by atoms with Crippen LogP contribution in [0.3, 0.4) is 0 Å². The summed E-state index contributed by atoms with van der Waals surface area (Å²) in [6.07, 6.45) is 0. The van der Waals surface area contributed by atoms with Gasteiger partial charge in [0.15, 0.2) is 13.0 Å². The van der Waals surface area contributed by atoms with Crippen LogP contribution in [0.15, 0.2) is 27.7 Å². The second-order valence-corrected chi connectivity index (χ2v) is 7.60. The standard InChI is InChI=1S/C20H17N7O3S/c1-10-4-5-11(2)14(6-10)24-15(28)9-31-19-13(8-22)16(12(7-21)18(23)25-19)17-20(29)30-26-27(17)3/h4-6H,9H2,1-3H3,(H3-,23,24,25,26,28,29). The van der Waals surface area contributed by atoms with Crippen LogP contribution in [0.25, 0.3) is 11.3 Å². The molecule has 2 aromatic heterocycles. The highest BCUT2D eigenvalue weighted by Crippen LogP contribution is 2.36. The minimum atomic E-state index is -0.829. The van der Waals surface area contributed by atoms with Crippen molar-refractivity contribution in [3.8, 4) is 29.3 Å². The van der Waals surface area contributed by atoms with Gasteiger partial charge in [0, 0.05) is 5.69 Å². The van der Waals surface area contributed by atoms with Crippen molar-refractivity contribution < 1.29 is 19.1 Å². The van der Waals surface area contributed by atoms with Crippen LogP contribution in [0.4, 0.5) is 11.5 Å². The number of thioether (sulfide) groups is 1. The Labute approximate surface area is 181 Å². The molecule has 1 amide bonds. The molecule has 0 radical (unpaired) electrons. The number of nitrogen functional groups attached to an aromatic ring is 1. The Balaban J connectivity index is 1.96. The van der Waals surface area contributed by atoms with Gasteiger partial charge in [-0.25, -0.2) is 4.98 Å². The molecule has 156 valence electrons. The zero-order valence-corrected chi connectivity index (χ0v) is 17.7. The predicted molar refractivity (Wildman–Crippen MR) is 109 cm³/mol. The molecule has 3 rings (SSSR count). The molecule has 0 fully saturated rings. The summed E-state index contributed by atoms with van der Waals surface area (Å²) in [5.41, 5.74) is 8.17. The molecule has 11 heteroatoms. The fraction of sp³-hybridized carbons (Fsp3) is 0.200. The van der Waals surface area contributed by atoms with Crippen LogP contribution < -0.4 is 20.8 Å². The normalized spacial score (nSPS) is 10.4. The summed E-state index contributed by atoms with van der Waals surface area (Å²) in [7, 11) is 1.43. The van der Waals surface area contributed by atoms with Crippen molar-refractivity contribution in [2.45, 2.75) is 18.9 Å². The zero-order valence-electron chi connectivity index (χ0n) is 16.9. The Morgan fingerprint density at radius 3 is 2.65 bits per heavy atom. The monoisotopic (exact) mass is 435 g/mol. The lowest BCUT2D eigenvalue weighted by Gasteiger charge is -2.12. The van der Waals surface area contributed by atoms with E-state index in [1.165, 1.54) is 7.05 Å². The third-order valence-corrected chi connectivity index (χ3v) is 5.40. The summed E-state index contributed by atoms with van der Waals surface area (Å²) in [6, 6.07) is 9.53. The van der Waals surface area contributed by atoms with Crippen molar-refractivity contribution in [3.63, 3.8) is 0 Å². The van der Waals surface area contributed by atoms with Crippen molar-refractivity contribution in [1.82, 2.24) is 10.3 Å². The van der Waals surface area contributed by atoms with E-state index in [1.807, 2.05) is 44.2 Å². The maximum Gasteiger partial charge on any atom is 0.266 e. The van der Waals surface area contributed by atoms with Gasteiger partial charge < -0.3 is 20.7 Å². The average Bonchev–Trinajstić information content (AvgIpc) is 3.06. The van der Waals surface area contributed by atoms with Gasteiger partial charge in [-0.15, -0.1) is 0 Å². The number of carbonyl (C=O) groups excluding carboxylic acids is 1. The van der Waals surface area contributed by atoms with E-state index in [-0.39, 0.29) is 44.9 Å². The molecule has 0 spiro atoms. The number of hydrogen-bond acceptors (Lipinski definition) is 9. The minimum absolute atomic E-state index is 0.0244. The van der Waals surface area contributed by atoms with E-state index in [0.29, 0.717) is 5.69 Å². The average molecular weight is 435 g/mol. The van der Waals surface area contributed by atoms with Gasteiger partial charge in [-0.2, -0.15) is 10.5 Å². The Morgan fingerprint density at radius 1 is 1.32 bits per heavy atom. The van der Waals surface area contributed by atoms with Gasteiger partial charge in [-0.1, -0.05) is 28.6 Å². The van der Waals surface area contributed by atoms with Gasteiger partial charge in [-0.3, -0.25) is 4.79 Å². The molecule has 3 aromatic rings. The number of pyridine rings is 1. The van der Waals surface area contributed by atoms with Gasteiger partial charge in [-0.05, 0) is 31.0 Å². The molecule has 0 aliphatic heterocycles. The molecule has 0 atom stereocenters. The lowest BCUT2D eigenvalue weighted by Crippen LogP contribution is -2.32. The van der Waals surface area contributed by atoms with E-state index in [2.05, 4.69) is 20.1 Å². The maximum atomic E-state index is 12.5. The van der Waals surface area contributed by atoms with Crippen molar-refractivity contribution in [1.29, 1.82) is 10.5 Å². The molecule has 10 nitrogen and oxygen atoms in total. The predicted octanol–water partition coefficient (Wildman–Crippen LogP) is 1.31. The SMILES string of the molecule is Cc1ccc(C)c(NC(=O)CSc2nc(N)c(C#N)c(-c3c([O-])on[n+]3C)c2C#N)c1. The smallest absolute Gasteiger partial charge is 0.266 e. The zero-order chi connectivity index (χ0) is 22.7. The van der Waals surface area contributed by atoms with E-state index in [4.69, 9.17) is 5.73 Å². The molecule has 31 heavy (non-hydrogen) atoms. The molecule has 0 unspecified atom stereocenters. The highest BCUT2D eigenvalue weighted by molar-refractivity contribution is 8.00. The summed E-state index contributed by atoms with van der Waals surface area (Å²) in [5.74, 6) is -1.38. The number of aryl methyl sites for hydroxylation is 3. The fourth-order valence-electron chi connectivity index (χ4n) is 2.91. The molecule has 3 N–H and O–H groups in total. The third-order valence-electron chi connectivity index (χ3n) is 4.42. The Bertz CT molecular complexity index is 1250. The second kappa shape index (κ2) is 8.73. The van der Waals surface area contributed by atoms with Gasteiger partial charge in [0.1, 0.15) is 28.5 Å². The topological polar surface area (TPSA) is 169 Å². The van der Waals surface area contributed by atoms with Gasteiger partial charge >= 0.3 is 0 Å². The molecular formula is C20H17N7O3S. The number of nitriles is 2. The first-order valence-electron chi connectivity index (χ1n) is 8.93. The number of nitrogens with two attached hydrogens (primary N) is 1. The Hall–Kier alpha value is -4.09. The minimum Gasteiger partial charge on any atom is -0.539 e. The van der Waals surface area contributed by atoms with Crippen LogP contribution in [0.2, 0.25) is 0 Å². The summed E-state index contributed by atoms with van der Waals surface area (Å²) < 4.78 is 5.73. The molecule has 0 aliphatic carbocycles. The van der Waals surface area contributed by atoms with Crippen molar-refractivity contribution in [3.05, 3.63) is 40.5 Å². The van der Waals surface area contributed by atoms with E-state index >= 15 is 0 Å². The lowest BCUT2D eigenvalue weighted by atomic mass is 10.0. The first-order valence-corrected chi connectivity index (χ1v) is 9.92. The maximum absolute atomic E-state index is 12.5. The summed E-state index contributed by atoms with van der Waals surface area (Å²) in [5, 5.41) is 37.8. The fourth-order valence-corrected chi connectivity index (χ4v) is 3.70. The molecule has 2 heterocycles. The van der Waals surface area contributed by atoms with E-state index in [9.17, 15) is 20.4 Å². The quantitative estimate of drug-likeness (QED) is 0.443. The second-order valence-electron chi connectivity index (χ2n) is 6.64. The highest BCUT2D eigenvalue weighted by Gasteiger charge is 2.29. The first kappa shape index (κ1) is 21.6. The molecule has 0 saturated heterocycles. The largest absolute Gasteiger partial charge is 0.539 e. The molecule has 0 aliphatic rings. The van der Waals surface area contributed by atoms with Crippen molar-refractivity contribution >= 4 is 29.2 Å². The molecule has 0 saturated carbocycles. The first-order chi connectivity index (χ1) is 14.8. The number of nitrogens with zero attached hydrogens (tertiary/aromatic N) is 5. The number of amides is 1. The van der Waals surface area contributed by atoms with Crippen LogP contribution in [0, 0.1) is 36.5 Å². The number of nitrogens with one attached hydrogen (secondary N) is 1. The summed E-state index contributed by atoms with van der Waals surface area (Å²) >= 11 is 0.968. The third kappa shape index (κ3) is 4.27. The van der Waals surface area contributed by atoms with Crippen LogP contribution >= 0.6 is 11.8 Å². The Kier molecular flexibility index (Phi) is 6.09. The van der Waals surface area contributed by atoms with E-state index < -0.39 is 5.95 Å². The van der Waals surface area contributed by atoms with Gasteiger partial charge in [0.05, 0.1) is 22.2 Å². The summed E-state index contributed by atoms with van der Waals surface area (Å²) in [6.45, 7) is 3.80. The lowest BCUT2D eigenvalue weighted by molar-refractivity contribution is -0.730. The van der Waals surface area contributed by atoms with Crippen LogP contribution in [-0.4, -0.2) is 21.9 Å². The molecule has 1 aromatic carbocycles. The van der Waals surface area contributed by atoms with E-state index in [0.717, 1.165) is 27.6 Å². The Morgan fingerprint density at radius 2 is 2.03 bits per heavy atom. The summed E-state index contributed by atoms with van der Waals surface area (Å²) in [4.78, 5) is 16.6. The van der Waals surface area contributed by atoms with E-state index in [1.54, 1.807) is 0 Å². The van der Waals surface area contributed by atoms with Crippen LogP contribution in [0.5, 0.6) is 5.95 Å². The van der Waals surface area contributed by atoms with Crippen LogP contribution in [0.1, 0.15) is 22.3 Å². The molecule has 0 bridgehead atoms. The van der Waals surface area contributed by atoms with Gasteiger partial charge in [0.2, 0.25) is 5.91 Å². The van der Waals surface area contributed by atoms with Crippen molar-refractivity contribution in [2.24, 2.45) is 7.05 Å². The number of aromatic nitrogens is 3. The number of rotatable bonds is 5. The molecular weight excluding hydrogens is 418 g/mol. The number of hydrogen-bond donors (Lipinski definition) is 2. The van der Waals surface area contributed by atoms with Crippen molar-refractivity contribution in [2.75, 3.05) is 16.8 Å².